The summed E-state index contributed by atoms with van der Waals surface area (Å²) in [6, 6.07) is 9.52. The Balaban J connectivity index is 2.24. The minimum absolute atomic E-state index is 0.350. The minimum Gasteiger partial charge on any atom is -0.244 e. The van der Waals surface area contributed by atoms with Crippen LogP contribution in [0.4, 0.5) is 0 Å². The van der Waals surface area contributed by atoms with E-state index in [0.29, 0.717) is 0 Å². The second kappa shape index (κ2) is 3.69. The highest BCUT2D eigenvalue weighted by Crippen LogP contribution is 1.93. The molecule has 0 amide bonds. The molecule has 0 atom stereocenters. The molecular weight excluding hydrogens is 180 g/mol. The van der Waals surface area contributed by atoms with Gasteiger partial charge in [0.05, 0.1) is 6.21 Å². The molecule has 1 heterocycles. The summed E-state index contributed by atoms with van der Waals surface area (Å²) in [5.74, 6) is 0. The molecule has 0 fully saturated rings. The van der Waals surface area contributed by atoms with Crippen LogP contribution < -0.4 is 5.69 Å². The van der Waals surface area contributed by atoms with Crippen LogP contribution >= 0.6 is 0 Å². The van der Waals surface area contributed by atoms with E-state index in [1.54, 1.807) is 6.21 Å². The number of nitrogens with one attached hydrogen (secondary N) is 1. The topological polar surface area (TPSA) is 63.0 Å². The van der Waals surface area contributed by atoms with E-state index in [2.05, 4.69) is 15.3 Å². The first kappa shape index (κ1) is 8.43. The molecule has 5 heteroatoms. The van der Waals surface area contributed by atoms with Crippen molar-refractivity contribution in [1.29, 1.82) is 0 Å². The van der Waals surface area contributed by atoms with Crippen LogP contribution in [0.1, 0.15) is 5.56 Å². The zero-order chi connectivity index (χ0) is 9.80. The Morgan fingerprint density at radius 1 is 1.36 bits per heavy atom. The Kier molecular flexibility index (Phi) is 2.22. The molecule has 1 aromatic carbocycles. The van der Waals surface area contributed by atoms with E-state index < -0.39 is 0 Å². The van der Waals surface area contributed by atoms with Gasteiger partial charge in [0.2, 0.25) is 0 Å². The predicted molar refractivity (Wildman–Crippen MR) is 52.3 cm³/mol. The van der Waals surface area contributed by atoms with E-state index in [1.807, 2.05) is 30.3 Å². The normalized spacial score (nSPS) is 10.9. The quantitative estimate of drug-likeness (QED) is 0.695. The van der Waals surface area contributed by atoms with Gasteiger partial charge < -0.3 is 0 Å². The lowest BCUT2D eigenvalue weighted by Crippen LogP contribution is -2.11. The first-order valence-corrected chi connectivity index (χ1v) is 4.08. The second-order valence-electron chi connectivity index (χ2n) is 2.66. The van der Waals surface area contributed by atoms with Gasteiger partial charge in [0.1, 0.15) is 6.33 Å². The van der Waals surface area contributed by atoms with Gasteiger partial charge in [-0.15, -0.1) is 0 Å². The predicted octanol–water partition coefficient (Wildman–Crippen LogP) is 0.454. The van der Waals surface area contributed by atoms with Crippen LogP contribution in [0.25, 0.3) is 0 Å². The fourth-order valence-corrected chi connectivity index (χ4v) is 0.993. The number of hydrogen-bond acceptors (Lipinski definition) is 3. The fraction of sp³-hybridized carbons (Fsp3) is 0. The maximum Gasteiger partial charge on any atom is 0.363 e. The van der Waals surface area contributed by atoms with Gasteiger partial charge in [-0.2, -0.15) is 14.9 Å². The maximum absolute atomic E-state index is 11.0. The van der Waals surface area contributed by atoms with E-state index in [0.717, 1.165) is 10.2 Å². The summed E-state index contributed by atoms with van der Waals surface area (Å²) in [6.45, 7) is 0. The first-order valence-electron chi connectivity index (χ1n) is 4.08. The Bertz CT molecular complexity index is 483. The summed E-state index contributed by atoms with van der Waals surface area (Å²) in [5.41, 5.74) is 0.581. The molecule has 70 valence electrons. The Morgan fingerprint density at radius 2 is 2.14 bits per heavy atom. The van der Waals surface area contributed by atoms with Crippen molar-refractivity contribution in [3.05, 3.63) is 52.7 Å². The van der Waals surface area contributed by atoms with Crippen molar-refractivity contribution in [3.63, 3.8) is 0 Å². The summed E-state index contributed by atoms with van der Waals surface area (Å²) < 4.78 is 1.13. The number of aromatic amines is 1. The van der Waals surface area contributed by atoms with E-state index >= 15 is 0 Å². The van der Waals surface area contributed by atoms with Gasteiger partial charge in [-0.05, 0) is 5.56 Å². The number of nitrogens with zero attached hydrogens (tertiary/aromatic N) is 3. The van der Waals surface area contributed by atoms with Gasteiger partial charge in [0, 0.05) is 0 Å². The molecule has 0 radical (unpaired) electrons. The second-order valence-corrected chi connectivity index (χ2v) is 2.66. The third kappa shape index (κ3) is 1.77. The zero-order valence-corrected chi connectivity index (χ0v) is 7.29. The van der Waals surface area contributed by atoms with Gasteiger partial charge in [-0.3, -0.25) is 0 Å². The molecule has 2 rings (SSSR count). The Hall–Kier alpha value is -2.17. The molecule has 5 nitrogen and oxygen atoms in total. The maximum atomic E-state index is 11.0. The number of H-pyrrole nitrogens is 1. The van der Waals surface area contributed by atoms with Crippen LogP contribution in [0.15, 0.2) is 46.6 Å². The first-order chi connectivity index (χ1) is 6.86. The molecule has 0 aliphatic carbocycles. The van der Waals surface area contributed by atoms with Gasteiger partial charge in [0.15, 0.2) is 0 Å². The molecule has 0 aliphatic rings. The van der Waals surface area contributed by atoms with Crippen molar-refractivity contribution in [2.24, 2.45) is 5.10 Å². The Labute approximate surface area is 79.7 Å². The number of hydrogen-bond donors (Lipinski definition) is 1. The molecule has 0 saturated carbocycles. The molecule has 0 aliphatic heterocycles. The summed E-state index contributed by atoms with van der Waals surface area (Å²) in [6.07, 6.45) is 2.92. The average Bonchev–Trinajstić information content (AvgIpc) is 2.63. The SMILES string of the molecule is O=c1[nH]ncn1/N=C/c1ccccc1. The van der Waals surface area contributed by atoms with Crippen molar-refractivity contribution in [2.75, 3.05) is 0 Å². The van der Waals surface area contributed by atoms with Crippen LogP contribution in [0.5, 0.6) is 0 Å². The fourth-order valence-electron chi connectivity index (χ4n) is 0.993. The molecule has 0 spiro atoms. The molecule has 1 aromatic heterocycles. The van der Waals surface area contributed by atoms with E-state index in [-0.39, 0.29) is 5.69 Å². The number of aromatic nitrogens is 3. The molecule has 1 N–H and O–H groups in total. The molecule has 0 unspecified atom stereocenters. The van der Waals surface area contributed by atoms with Crippen molar-refractivity contribution < 1.29 is 0 Å². The van der Waals surface area contributed by atoms with Crippen molar-refractivity contribution in [3.8, 4) is 0 Å². The monoisotopic (exact) mass is 188 g/mol. The standard InChI is InChI=1S/C9H8N4O/c14-9-12-10-7-13(9)11-6-8-4-2-1-3-5-8/h1-7H,(H,12,14)/b11-6+. The molecular formula is C9H8N4O. The van der Waals surface area contributed by atoms with E-state index in [1.165, 1.54) is 6.33 Å². The molecule has 0 bridgehead atoms. The van der Waals surface area contributed by atoms with Crippen LogP contribution in [-0.2, 0) is 0 Å². The van der Waals surface area contributed by atoms with Crippen LogP contribution in [0.2, 0.25) is 0 Å². The lowest BCUT2D eigenvalue weighted by atomic mass is 10.2. The zero-order valence-electron chi connectivity index (χ0n) is 7.29. The Morgan fingerprint density at radius 3 is 2.79 bits per heavy atom. The molecule has 14 heavy (non-hydrogen) atoms. The van der Waals surface area contributed by atoms with Gasteiger partial charge in [-0.1, -0.05) is 30.3 Å². The summed E-state index contributed by atoms with van der Waals surface area (Å²) >= 11 is 0. The smallest absolute Gasteiger partial charge is 0.244 e. The van der Waals surface area contributed by atoms with Crippen molar-refractivity contribution in [2.45, 2.75) is 0 Å². The van der Waals surface area contributed by atoms with Crippen molar-refractivity contribution >= 4 is 6.21 Å². The van der Waals surface area contributed by atoms with E-state index in [9.17, 15) is 4.79 Å². The highest BCUT2D eigenvalue weighted by atomic mass is 16.2. The van der Waals surface area contributed by atoms with Gasteiger partial charge >= 0.3 is 5.69 Å². The molecule has 2 aromatic rings. The third-order valence-electron chi connectivity index (χ3n) is 1.67. The van der Waals surface area contributed by atoms with E-state index in [4.69, 9.17) is 0 Å². The highest BCUT2D eigenvalue weighted by Gasteiger charge is 1.91. The number of rotatable bonds is 2. The summed E-state index contributed by atoms with van der Waals surface area (Å²) in [7, 11) is 0. The van der Waals surface area contributed by atoms with Crippen molar-refractivity contribution in [1.82, 2.24) is 14.9 Å². The minimum atomic E-state index is -0.350. The van der Waals surface area contributed by atoms with Crippen LogP contribution in [0, 0.1) is 0 Å². The van der Waals surface area contributed by atoms with Crippen LogP contribution in [0.3, 0.4) is 0 Å². The van der Waals surface area contributed by atoms with Gasteiger partial charge in [-0.25, -0.2) is 9.89 Å². The lowest BCUT2D eigenvalue weighted by molar-refractivity contribution is 0.834. The highest BCUT2D eigenvalue weighted by molar-refractivity contribution is 5.79. The summed E-state index contributed by atoms with van der Waals surface area (Å²) in [5, 5.41) is 9.72. The largest absolute Gasteiger partial charge is 0.363 e. The lowest BCUT2D eigenvalue weighted by Gasteiger charge is -1.90. The van der Waals surface area contributed by atoms with Crippen LogP contribution in [-0.4, -0.2) is 21.1 Å². The molecule has 0 saturated heterocycles. The third-order valence-corrected chi connectivity index (χ3v) is 1.67. The summed E-state index contributed by atoms with van der Waals surface area (Å²) in [4.78, 5) is 11.0. The average molecular weight is 188 g/mol. The number of benzene rings is 1. The van der Waals surface area contributed by atoms with Gasteiger partial charge in [0.25, 0.3) is 0 Å².